The third-order valence-electron chi connectivity index (χ3n) is 5.22. The molecule has 1 aliphatic heterocycles. The van der Waals surface area contributed by atoms with Crippen LogP contribution in [-0.2, 0) is 19.2 Å². The Bertz CT molecular complexity index is 1020. The molecule has 0 radical (unpaired) electrons. The number of ketones is 1. The lowest BCUT2D eigenvalue weighted by atomic mass is 9.83. The van der Waals surface area contributed by atoms with Crippen LogP contribution in [0.5, 0.6) is 0 Å². The zero-order valence-corrected chi connectivity index (χ0v) is 18.2. The van der Waals surface area contributed by atoms with E-state index in [0.29, 0.717) is 11.4 Å². The van der Waals surface area contributed by atoms with E-state index in [-0.39, 0.29) is 17.7 Å². The molecule has 1 aliphatic rings. The smallest absolute Gasteiger partial charge is 0.305 e. The molecule has 0 aliphatic carbocycles. The minimum absolute atomic E-state index is 0.0670. The Morgan fingerprint density at radius 2 is 2.00 bits per heavy atom. The third kappa shape index (κ3) is 4.21. The van der Waals surface area contributed by atoms with E-state index in [0.717, 1.165) is 10.8 Å². The molecule has 3 rings (SSSR count). The summed E-state index contributed by atoms with van der Waals surface area (Å²) in [4.78, 5) is 46.5. The van der Waals surface area contributed by atoms with Gasteiger partial charge in [-0.15, -0.1) is 0 Å². The largest absolute Gasteiger partial charge is 0.481 e. The number of amides is 1. The highest BCUT2D eigenvalue weighted by Crippen LogP contribution is 2.35. The molecule has 0 spiro atoms. The van der Waals surface area contributed by atoms with E-state index in [4.69, 9.17) is 9.94 Å². The number of Topliss-reactive ketones (excluding diaryl/α,β-unsaturated/α-hetero) is 1. The zero-order chi connectivity index (χ0) is 21.9. The van der Waals surface area contributed by atoms with Crippen molar-refractivity contribution in [2.75, 3.05) is 5.33 Å². The Morgan fingerprint density at radius 1 is 1.27 bits per heavy atom. The molecule has 2 aromatic rings. The molecule has 0 saturated carbocycles. The number of nitrogens with zero attached hydrogens (tertiary/aromatic N) is 2. The minimum Gasteiger partial charge on any atom is -0.481 e. The predicted molar refractivity (Wildman–Crippen MR) is 115 cm³/mol. The van der Waals surface area contributed by atoms with Crippen molar-refractivity contribution in [2.24, 2.45) is 11.1 Å². The number of carboxylic acids is 1. The summed E-state index contributed by atoms with van der Waals surface area (Å²) >= 11 is 3.03. The molecule has 0 unspecified atom stereocenters. The Labute approximate surface area is 181 Å². The van der Waals surface area contributed by atoms with Crippen LogP contribution in [0.3, 0.4) is 0 Å². The third-order valence-corrected chi connectivity index (χ3v) is 5.77. The van der Waals surface area contributed by atoms with E-state index in [1.165, 1.54) is 0 Å². The highest BCUT2D eigenvalue weighted by atomic mass is 79.9. The second-order valence-corrected chi connectivity index (χ2v) is 8.02. The van der Waals surface area contributed by atoms with Crippen LogP contribution in [0, 0.1) is 5.92 Å². The number of carbonyl (C=O) groups excluding carboxylic acids is 2. The standard InChI is InChI=1S/C21H22BrN3O5/c1-12(2)21(20(29)24-15(9-18(27)28)17(26)11-22)10-16(25-30-21)19-14-6-4-3-5-13(14)7-8-23-19/h3-8,12,15H,9-11H2,1-2H3,(H,24,29)(H,27,28)/t15-,21+/m0/s1. The second kappa shape index (κ2) is 8.91. The zero-order valence-electron chi connectivity index (χ0n) is 16.6. The molecular formula is C21H22BrN3O5. The minimum atomic E-state index is -1.36. The quantitative estimate of drug-likeness (QED) is 0.566. The maximum Gasteiger partial charge on any atom is 0.305 e. The van der Waals surface area contributed by atoms with Gasteiger partial charge in [-0.05, 0) is 11.5 Å². The molecule has 1 aromatic heterocycles. The average molecular weight is 476 g/mol. The van der Waals surface area contributed by atoms with Crippen LogP contribution in [0.1, 0.15) is 32.4 Å². The van der Waals surface area contributed by atoms with E-state index in [1.807, 2.05) is 44.2 Å². The van der Waals surface area contributed by atoms with Gasteiger partial charge in [-0.2, -0.15) is 0 Å². The summed E-state index contributed by atoms with van der Waals surface area (Å²) < 4.78 is 0. The lowest BCUT2D eigenvalue weighted by Gasteiger charge is -2.30. The van der Waals surface area contributed by atoms with Crippen molar-refractivity contribution < 1.29 is 24.3 Å². The summed E-state index contributed by atoms with van der Waals surface area (Å²) in [5, 5.41) is 17.6. The molecule has 2 heterocycles. The Kier molecular flexibility index (Phi) is 6.50. The summed E-state index contributed by atoms with van der Waals surface area (Å²) in [5.41, 5.74) is -0.212. The van der Waals surface area contributed by atoms with Gasteiger partial charge in [0.15, 0.2) is 5.78 Å². The van der Waals surface area contributed by atoms with Crippen molar-refractivity contribution in [3.63, 3.8) is 0 Å². The molecule has 9 heteroatoms. The second-order valence-electron chi connectivity index (χ2n) is 7.45. The first-order valence-electron chi connectivity index (χ1n) is 9.49. The number of oxime groups is 1. The molecule has 1 amide bonds. The summed E-state index contributed by atoms with van der Waals surface area (Å²) in [6, 6.07) is 8.44. The number of halogens is 1. The fourth-order valence-corrected chi connectivity index (χ4v) is 3.80. The van der Waals surface area contributed by atoms with E-state index in [1.54, 1.807) is 6.20 Å². The highest BCUT2D eigenvalue weighted by molar-refractivity contribution is 9.09. The number of aliphatic carboxylic acids is 1. The van der Waals surface area contributed by atoms with Crippen LogP contribution in [0.15, 0.2) is 41.7 Å². The van der Waals surface area contributed by atoms with E-state index >= 15 is 0 Å². The molecular weight excluding hydrogens is 454 g/mol. The number of pyridine rings is 1. The van der Waals surface area contributed by atoms with Crippen LogP contribution in [0.25, 0.3) is 10.8 Å². The van der Waals surface area contributed by atoms with Gasteiger partial charge in [0.05, 0.1) is 23.5 Å². The Hall–Kier alpha value is -2.81. The number of benzene rings is 1. The lowest BCUT2D eigenvalue weighted by molar-refractivity contribution is -0.152. The first-order valence-corrected chi connectivity index (χ1v) is 10.6. The topological polar surface area (TPSA) is 118 Å². The van der Waals surface area contributed by atoms with Crippen LogP contribution in [-0.4, -0.2) is 50.4 Å². The lowest BCUT2D eigenvalue weighted by Crippen LogP contribution is -2.55. The fourth-order valence-electron chi connectivity index (χ4n) is 3.41. The molecule has 2 N–H and O–H groups in total. The SMILES string of the molecule is CC(C)[C@@]1(C(=O)N[C@@H](CC(=O)O)C(=O)CBr)CC(c2nccc3ccccc23)=NO1. The van der Waals surface area contributed by atoms with E-state index < -0.39 is 35.7 Å². The maximum atomic E-state index is 13.2. The maximum absolute atomic E-state index is 13.2. The summed E-state index contributed by atoms with van der Waals surface area (Å²) in [5.74, 6) is -2.48. The normalized spacial score (nSPS) is 19.3. The monoisotopic (exact) mass is 475 g/mol. The van der Waals surface area contributed by atoms with Gasteiger partial charge in [0.2, 0.25) is 5.60 Å². The van der Waals surface area contributed by atoms with Gasteiger partial charge in [0.1, 0.15) is 5.71 Å². The van der Waals surface area contributed by atoms with Gasteiger partial charge < -0.3 is 15.3 Å². The molecule has 1 aromatic carbocycles. The number of carboxylic acid groups (broad SMARTS) is 1. The summed E-state index contributed by atoms with van der Waals surface area (Å²) in [6.45, 7) is 3.63. The highest BCUT2D eigenvalue weighted by Gasteiger charge is 2.50. The molecule has 2 atom stereocenters. The number of rotatable bonds is 8. The van der Waals surface area contributed by atoms with Crippen LogP contribution in [0.4, 0.5) is 0 Å². The number of aromatic nitrogens is 1. The predicted octanol–water partition coefficient (Wildman–Crippen LogP) is 2.68. The first-order chi connectivity index (χ1) is 14.3. The molecule has 30 heavy (non-hydrogen) atoms. The van der Waals surface area contributed by atoms with Crippen molar-refractivity contribution in [1.82, 2.24) is 10.3 Å². The van der Waals surface area contributed by atoms with Crippen molar-refractivity contribution in [2.45, 2.75) is 38.3 Å². The van der Waals surface area contributed by atoms with Crippen molar-refractivity contribution in [3.05, 3.63) is 42.2 Å². The van der Waals surface area contributed by atoms with Gasteiger partial charge in [0, 0.05) is 23.9 Å². The van der Waals surface area contributed by atoms with Crippen molar-refractivity contribution >= 4 is 50.1 Å². The Morgan fingerprint density at radius 3 is 2.67 bits per heavy atom. The Balaban J connectivity index is 1.88. The molecule has 8 nitrogen and oxygen atoms in total. The first kappa shape index (κ1) is 21.9. The fraction of sp³-hybridized carbons (Fsp3) is 0.381. The van der Waals surface area contributed by atoms with Gasteiger partial charge >= 0.3 is 5.97 Å². The van der Waals surface area contributed by atoms with Gasteiger partial charge in [0.25, 0.3) is 5.91 Å². The number of carbonyl (C=O) groups is 3. The van der Waals surface area contributed by atoms with E-state index in [2.05, 4.69) is 31.4 Å². The molecule has 0 saturated heterocycles. The van der Waals surface area contributed by atoms with Gasteiger partial charge in [-0.1, -0.05) is 59.2 Å². The van der Waals surface area contributed by atoms with Crippen molar-refractivity contribution in [1.29, 1.82) is 0 Å². The van der Waals surface area contributed by atoms with Crippen molar-refractivity contribution in [3.8, 4) is 0 Å². The van der Waals surface area contributed by atoms with Crippen LogP contribution in [0.2, 0.25) is 0 Å². The summed E-state index contributed by atoms with van der Waals surface area (Å²) in [7, 11) is 0. The van der Waals surface area contributed by atoms with Gasteiger partial charge in [-0.25, -0.2) is 0 Å². The number of alkyl halides is 1. The molecule has 158 valence electrons. The number of hydrogen-bond acceptors (Lipinski definition) is 6. The molecule has 0 fully saturated rings. The number of hydrogen-bond donors (Lipinski definition) is 2. The van der Waals surface area contributed by atoms with Gasteiger partial charge in [-0.3, -0.25) is 19.4 Å². The van der Waals surface area contributed by atoms with Crippen LogP contribution < -0.4 is 5.32 Å². The molecule has 0 bridgehead atoms. The number of nitrogens with one attached hydrogen (secondary N) is 1. The average Bonchev–Trinajstić information content (AvgIpc) is 3.18. The summed E-state index contributed by atoms with van der Waals surface area (Å²) in [6.07, 6.45) is 1.32. The number of fused-ring (bicyclic) bond motifs is 1. The van der Waals surface area contributed by atoms with E-state index in [9.17, 15) is 14.4 Å². The van der Waals surface area contributed by atoms with Crippen LogP contribution >= 0.6 is 15.9 Å².